The standard InChI is InChI=1S/C31H32Cl2F3N5O2/c1-30(2,3)40-29(43)41-12-10-20-19(17-5-4-6-18(13-17)31(34,35)36)7-8-21(22(20)16-41)28(42)37-11-9-27-38-25-14-23(32)24(33)15-26(25)39-27/h4-8,13-15,21-22H,9-12,16H2,1-3H3,(H,37,42)(H,38,39)(H,40,43). The number of nitrogens with zero attached hydrogens (tertiary/aromatic N) is 2. The number of halogens is 5. The Kier molecular flexibility index (Phi) is 8.55. The van der Waals surface area contributed by atoms with Crippen LogP contribution in [0.2, 0.25) is 10.0 Å². The van der Waals surface area contributed by atoms with E-state index in [1.54, 1.807) is 35.3 Å². The number of alkyl halides is 3. The number of fused-ring (bicyclic) bond motifs is 2. The highest BCUT2D eigenvalue weighted by Gasteiger charge is 2.39. The highest BCUT2D eigenvalue weighted by molar-refractivity contribution is 6.42. The molecule has 1 aliphatic carbocycles. The number of nitrogens with one attached hydrogen (secondary N) is 3. The fourth-order valence-corrected chi connectivity index (χ4v) is 5.90. The van der Waals surface area contributed by atoms with Crippen LogP contribution in [0, 0.1) is 11.8 Å². The monoisotopic (exact) mass is 633 g/mol. The second-order valence-corrected chi connectivity index (χ2v) is 12.7. The lowest BCUT2D eigenvalue weighted by Crippen LogP contribution is -2.53. The van der Waals surface area contributed by atoms with Gasteiger partial charge in [0.15, 0.2) is 0 Å². The molecule has 0 bridgehead atoms. The fourth-order valence-electron chi connectivity index (χ4n) is 5.58. The van der Waals surface area contributed by atoms with Crippen LogP contribution in [0.25, 0.3) is 16.6 Å². The third kappa shape index (κ3) is 7.02. The Bertz CT molecular complexity index is 1580. The molecule has 2 heterocycles. The van der Waals surface area contributed by atoms with Crippen molar-refractivity contribution in [3.05, 3.63) is 81.1 Å². The van der Waals surface area contributed by atoms with Crippen molar-refractivity contribution < 1.29 is 22.8 Å². The minimum atomic E-state index is -4.48. The number of hydrogen-bond donors (Lipinski definition) is 3. The molecule has 5 rings (SSSR count). The molecule has 1 fully saturated rings. The van der Waals surface area contributed by atoms with Gasteiger partial charge in [0.2, 0.25) is 5.91 Å². The van der Waals surface area contributed by atoms with Crippen LogP contribution >= 0.6 is 23.2 Å². The van der Waals surface area contributed by atoms with Crippen molar-refractivity contribution in [1.29, 1.82) is 0 Å². The van der Waals surface area contributed by atoms with Crippen molar-refractivity contribution in [2.45, 2.75) is 45.3 Å². The minimum Gasteiger partial charge on any atom is -0.355 e. The van der Waals surface area contributed by atoms with E-state index in [1.807, 2.05) is 20.8 Å². The molecular formula is C31H32Cl2F3N5O2. The van der Waals surface area contributed by atoms with Crippen LogP contribution in [0.4, 0.5) is 18.0 Å². The number of aromatic nitrogens is 2. The Labute approximate surface area is 257 Å². The summed E-state index contributed by atoms with van der Waals surface area (Å²) in [6, 6.07) is 8.33. The van der Waals surface area contributed by atoms with Gasteiger partial charge in [0.05, 0.1) is 32.6 Å². The summed E-state index contributed by atoms with van der Waals surface area (Å²) in [6.45, 7) is 6.60. The van der Waals surface area contributed by atoms with Gasteiger partial charge >= 0.3 is 12.2 Å². The van der Waals surface area contributed by atoms with Gasteiger partial charge in [0.1, 0.15) is 5.82 Å². The van der Waals surface area contributed by atoms with Crippen LogP contribution in [0.3, 0.4) is 0 Å². The summed E-state index contributed by atoms with van der Waals surface area (Å²) in [6.07, 6.45) is -0.145. The van der Waals surface area contributed by atoms with Gasteiger partial charge in [-0.05, 0) is 62.6 Å². The first kappa shape index (κ1) is 30.9. The quantitative estimate of drug-likeness (QED) is 0.282. The average molecular weight is 635 g/mol. The maximum absolute atomic E-state index is 13.5. The SMILES string of the molecule is CC(C)(C)NC(=O)N1CCC2=C(c3cccc(C(F)(F)F)c3)C=CC(C(=O)NCCc3nc4cc(Cl)c(Cl)cc4[nH]3)C2C1. The number of carbonyl (C=O) groups excluding carboxylic acids is 2. The summed E-state index contributed by atoms with van der Waals surface area (Å²) >= 11 is 12.2. The molecule has 3 aromatic rings. The van der Waals surface area contributed by atoms with Gasteiger partial charge < -0.3 is 20.5 Å². The predicted octanol–water partition coefficient (Wildman–Crippen LogP) is 7.02. The molecule has 1 aromatic heterocycles. The molecule has 2 unspecified atom stereocenters. The number of H-pyrrole nitrogens is 1. The highest BCUT2D eigenvalue weighted by Crippen LogP contribution is 2.41. The van der Waals surface area contributed by atoms with Crippen molar-refractivity contribution in [1.82, 2.24) is 25.5 Å². The molecule has 2 aromatic carbocycles. The number of carbonyl (C=O) groups is 2. The third-order valence-corrected chi connectivity index (χ3v) is 8.29. The first-order valence-electron chi connectivity index (χ1n) is 14.0. The van der Waals surface area contributed by atoms with E-state index in [2.05, 4.69) is 20.6 Å². The molecular weight excluding hydrogens is 602 g/mol. The zero-order valence-electron chi connectivity index (χ0n) is 23.9. The van der Waals surface area contributed by atoms with Gasteiger partial charge in [0.25, 0.3) is 0 Å². The Morgan fingerprint density at radius 3 is 2.58 bits per heavy atom. The van der Waals surface area contributed by atoms with Gasteiger partial charge in [-0.1, -0.05) is 53.1 Å². The topological polar surface area (TPSA) is 90.1 Å². The number of benzene rings is 2. The van der Waals surface area contributed by atoms with Crippen LogP contribution in [0.1, 0.15) is 44.1 Å². The van der Waals surface area contributed by atoms with Crippen LogP contribution in [0.15, 0.2) is 54.1 Å². The molecule has 43 heavy (non-hydrogen) atoms. The molecule has 12 heteroatoms. The minimum absolute atomic E-state index is 0.234. The van der Waals surface area contributed by atoms with E-state index in [4.69, 9.17) is 23.2 Å². The zero-order chi connectivity index (χ0) is 31.1. The number of aromatic amines is 1. The van der Waals surface area contributed by atoms with E-state index >= 15 is 0 Å². The van der Waals surface area contributed by atoms with Crippen LogP contribution < -0.4 is 10.6 Å². The highest BCUT2D eigenvalue weighted by atomic mass is 35.5. The van der Waals surface area contributed by atoms with Crippen LogP contribution in [-0.2, 0) is 17.4 Å². The lowest BCUT2D eigenvalue weighted by molar-refractivity contribution is -0.137. The Hall–Kier alpha value is -3.50. The zero-order valence-corrected chi connectivity index (χ0v) is 25.4. The van der Waals surface area contributed by atoms with E-state index in [1.165, 1.54) is 6.07 Å². The number of amides is 3. The summed E-state index contributed by atoms with van der Waals surface area (Å²) < 4.78 is 40.5. The molecule has 228 valence electrons. The van der Waals surface area contributed by atoms with Crippen molar-refractivity contribution in [3.8, 4) is 0 Å². The second-order valence-electron chi connectivity index (χ2n) is 11.9. The Morgan fingerprint density at radius 2 is 1.86 bits per heavy atom. The van der Waals surface area contributed by atoms with Crippen LogP contribution in [0.5, 0.6) is 0 Å². The number of urea groups is 1. The summed E-state index contributed by atoms with van der Waals surface area (Å²) in [5, 5.41) is 6.75. The van der Waals surface area contributed by atoms with E-state index in [9.17, 15) is 22.8 Å². The summed E-state index contributed by atoms with van der Waals surface area (Å²) in [4.78, 5) is 35.9. The molecule has 0 spiro atoms. The third-order valence-electron chi connectivity index (χ3n) is 7.57. The largest absolute Gasteiger partial charge is 0.416 e. The Balaban J connectivity index is 1.36. The smallest absolute Gasteiger partial charge is 0.355 e. The van der Waals surface area contributed by atoms with Gasteiger partial charge in [0, 0.05) is 37.5 Å². The molecule has 1 aliphatic heterocycles. The second kappa shape index (κ2) is 11.9. The van der Waals surface area contributed by atoms with Crippen molar-refractivity contribution in [2.24, 2.45) is 11.8 Å². The molecule has 0 saturated carbocycles. The maximum atomic E-state index is 13.5. The molecule has 2 aliphatic rings. The van der Waals surface area contributed by atoms with Gasteiger partial charge in [-0.3, -0.25) is 4.79 Å². The molecule has 3 N–H and O–H groups in total. The van der Waals surface area contributed by atoms with Crippen molar-refractivity contribution >= 4 is 51.7 Å². The van der Waals surface area contributed by atoms with Crippen molar-refractivity contribution in [3.63, 3.8) is 0 Å². The number of hydrogen-bond acceptors (Lipinski definition) is 3. The molecule has 1 saturated heterocycles. The van der Waals surface area contributed by atoms with E-state index < -0.39 is 29.1 Å². The predicted molar refractivity (Wildman–Crippen MR) is 162 cm³/mol. The average Bonchev–Trinajstić information content (AvgIpc) is 3.32. The fraction of sp³-hybridized carbons (Fsp3) is 0.387. The van der Waals surface area contributed by atoms with Crippen molar-refractivity contribution in [2.75, 3.05) is 19.6 Å². The number of likely N-dealkylation sites (tertiary alicyclic amines) is 1. The van der Waals surface area contributed by atoms with Gasteiger partial charge in [-0.2, -0.15) is 13.2 Å². The lowest BCUT2D eigenvalue weighted by atomic mass is 9.73. The first-order valence-corrected chi connectivity index (χ1v) is 14.7. The number of rotatable bonds is 5. The van der Waals surface area contributed by atoms with E-state index in [0.29, 0.717) is 58.5 Å². The molecule has 2 atom stereocenters. The summed E-state index contributed by atoms with van der Waals surface area (Å²) in [5.74, 6) is -0.586. The molecule has 3 amide bonds. The van der Waals surface area contributed by atoms with Gasteiger partial charge in [-0.15, -0.1) is 0 Å². The normalized spacial score (nSPS) is 19.0. The number of imidazole rings is 1. The molecule has 0 radical (unpaired) electrons. The number of allylic oxidation sites excluding steroid dienone is 2. The number of piperidine rings is 1. The van der Waals surface area contributed by atoms with E-state index in [0.717, 1.165) is 23.2 Å². The summed E-state index contributed by atoms with van der Waals surface area (Å²) in [5.41, 5.74) is 2.18. The van der Waals surface area contributed by atoms with Gasteiger partial charge in [-0.25, -0.2) is 9.78 Å². The Morgan fingerprint density at radius 1 is 1.12 bits per heavy atom. The first-order chi connectivity index (χ1) is 20.2. The lowest BCUT2D eigenvalue weighted by Gasteiger charge is -2.41. The summed E-state index contributed by atoms with van der Waals surface area (Å²) in [7, 11) is 0. The maximum Gasteiger partial charge on any atom is 0.416 e. The molecule has 7 nitrogen and oxygen atoms in total. The van der Waals surface area contributed by atoms with Crippen LogP contribution in [-0.4, -0.2) is 52.0 Å². The van der Waals surface area contributed by atoms with E-state index in [-0.39, 0.29) is 18.5 Å².